The number of nitrogens with one attached hydrogen (secondary N) is 1. The van der Waals surface area contributed by atoms with Crippen LogP contribution in [0.5, 0.6) is 0 Å². The van der Waals surface area contributed by atoms with E-state index in [-0.39, 0.29) is 17.9 Å². The normalized spacial score (nSPS) is 22.2. The number of carbonyl (C=O) groups excluding carboxylic acids is 1. The minimum absolute atomic E-state index is 0.0283. The van der Waals surface area contributed by atoms with Gasteiger partial charge in [0.2, 0.25) is 11.9 Å². The highest BCUT2D eigenvalue weighted by atomic mass is 16.5. The van der Waals surface area contributed by atoms with Gasteiger partial charge in [-0.1, -0.05) is 0 Å². The molecule has 2 saturated heterocycles. The van der Waals surface area contributed by atoms with E-state index in [9.17, 15) is 4.79 Å². The topological polar surface area (TPSA) is 72.3 Å². The molecule has 7 nitrogen and oxygen atoms in total. The van der Waals surface area contributed by atoms with Crippen molar-refractivity contribution in [3.8, 4) is 0 Å². The summed E-state index contributed by atoms with van der Waals surface area (Å²) in [4.78, 5) is 23.8. The van der Waals surface area contributed by atoms with E-state index in [2.05, 4.69) is 20.2 Å². The lowest BCUT2D eigenvalue weighted by molar-refractivity contribution is -0.125. The molecule has 2 fully saturated rings. The van der Waals surface area contributed by atoms with Gasteiger partial charge in [0.25, 0.3) is 0 Å². The molecule has 2 aliphatic heterocycles. The second-order valence-corrected chi connectivity index (χ2v) is 6.64. The van der Waals surface area contributed by atoms with E-state index in [0.717, 1.165) is 56.1 Å². The summed E-state index contributed by atoms with van der Waals surface area (Å²) in [6, 6.07) is 4.13. The van der Waals surface area contributed by atoms with Crippen molar-refractivity contribution in [1.82, 2.24) is 19.9 Å². The lowest BCUT2D eigenvalue weighted by atomic mass is 10.1. The summed E-state index contributed by atoms with van der Waals surface area (Å²) < 4.78 is 7.36. The Morgan fingerprint density at radius 3 is 2.96 bits per heavy atom. The third kappa shape index (κ3) is 2.84. The van der Waals surface area contributed by atoms with Gasteiger partial charge in [0.15, 0.2) is 5.65 Å². The number of aryl methyl sites for hydroxylation is 1. The second-order valence-electron chi connectivity index (χ2n) is 6.64. The van der Waals surface area contributed by atoms with Crippen LogP contribution in [0.1, 0.15) is 19.3 Å². The summed E-state index contributed by atoms with van der Waals surface area (Å²) in [5, 5.41) is 3.19. The van der Waals surface area contributed by atoms with Crippen molar-refractivity contribution < 1.29 is 9.53 Å². The third-order valence-corrected chi connectivity index (χ3v) is 5.01. The molecule has 0 aliphatic carbocycles. The van der Waals surface area contributed by atoms with Gasteiger partial charge in [0.05, 0.1) is 5.92 Å². The number of pyridine rings is 1. The number of fused-ring (bicyclic) bond motifs is 1. The van der Waals surface area contributed by atoms with Crippen LogP contribution in [0.25, 0.3) is 11.2 Å². The van der Waals surface area contributed by atoms with Gasteiger partial charge in [-0.3, -0.25) is 9.36 Å². The van der Waals surface area contributed by atoms with Crippen molar-refractivity contribution in [2.45, 2.75) is 25.3 Å². The average molecular weight is 329 g/mol. The molecule has 2 aliphatic rings. The van der Waals surface area contributed by atoms with Gasteiger partial charge >= 0.3 is 0 Å². The van der Waals surface area contributed by atoms with Gasteiger partial charge < -0.3 is 15.0 Å². The highest BCUT2D eigenvalue weighted by Crippen LogP contribution is 2.26. The summed E-state index contributed by atoms with van der Waals surface area (Å²) in [6.45, 7) is 3.05. The maximum atomic E-state index is 12.5. The Bertz CT molecular complexity index is 738. The Morgan fingerprint density at radius 1 is 1.33 bits per heavy atom. The van der Waals surface area contributed by atoms with Crippen molar-refractivity contribution in [3.05, 3.63) is 18.3 Å². The van der Waals surface area contributed by atoms with Crippen LogP contribution in [0.4, 0.5) is 5.95 Å². The van der Waals surface area contributed by atoms with Gasteiger partial charge in [-0.25, -0.2) is 9.97 Å². The largest absolute Gasteiger partial charge is 0.381 e. The number of aromatic nitrogens is 3. The first-order valence-electron chi connectivity index (χ1n) is 8.63. The molecule has 128 valence electrons. The van der Waals surface area contributed by atoms with E-state index < -0.39 is 0 Å². The van der Waals surface area contributed by atoms with Crippen molar-refractivity contribution in [1.29, 1.82) is 0 Å². The average Bonchev–Trinajstić information content (AvgIpc) is 3.21. The Balaban J connectivity index is 1.43. The molecule has 1 N–H and O–H groups in total. The molecular weight excluding hydrogens is 306 g/mol. The zero-order valence-corrected chi connectivity index (χ0v) is 13.9. The number of ether oxygens (including phenoxy) is 1. The smallest absolute Gasteiger partial charge is 0.225 e. The quantitative estimate of drug-likeness (QED) is 0.913. The van der Waals surface area contributed by atoms with Crippen LogP contribution in [0, 0.1) is 5.92 Å². The fraction of sp³-hybridized carbons (Fsp3) is 0.588. The monoisotopic (exact) mass is 329 g/mol. The molecule has 1 unspecified atom stereocenters. The lowest BCUT2D eigenvalue weighted by Crippen LogP contribution is -2.42. The zero-order chi connectivity index (χ0) is 16.5. The number of anilines is 1. The molecule has 4 heterocycles. The number of rotatable bonds is 3. The molecule has 2 aromatic heterocycles. The van der Waals surface area contributed by atoms with E-state index in [1.807, 2.05) is 23.7 Å². The van der Waals surface area contributed by atoms with Gasteiger partial charge in [0.1, 0.15) is 5.52 Å². The summed E-state index contributed by atoms with van der Waals surface area (Å²) >= 11 is 0. The number of hydrogen-bond acceptors (Lipinski definition) is 5. The third-order valence-electron chi connectivity index (χ3n) is 5.01. The maximum Gasteiger partial charge on any atom is 0.225 e. The Hall–Kier alpha value is -2.15. The van der Waals surface area contributed by atoms with Crippen molar-refractivity contribution in [2.24, 2.45) is 13.0 Å². The van der Waals surface area contributed by atoms with Crippen LogP contribution in [0.3, 0.4) is 0 Å². The Kier molecular flexibility index (Phi) is 4.10. The van der Waals surface area contributed by atoms with Gasteiger partial charge in [-0.15, -0.1) is 0 Å². The lowest BCUT2D eigenvalue weighted by Gasteiger charge is -2.24. The summed E-state index contributed by atoms with van der Waals surface area (Å²) in [6.07, 6.45) is 4.48. The van der Waals surface area contributed by atoms with E-state index in [1.54, 1.807) is 6.20 Å². The number of imidazole rings is 1. The maximum absolute atomic E-state index is 12.5. The van der Waals surface area contributed by atoms with Crippen LogP contribution in [-0.2, 0) is 16.6 Å². The molecule has 1 amide bonds. The van der Waals surface area contributed by atoms with Crippen LogP contribution in [-0.4, -0.2) is 52.8 Å². The van der Waals surface area contributed by atoms with E-state index in [0.29, 0.717) is 6.54 Å². The molecule has 0 spiro atoms. The highest BCUT2D eigenvalue weighted by Gasteiger charge is 2.32. The molecule has 1 atom stereocenters. The van der Waals surface area contributed by atoms with Crippen molar-refractivity contribution >= 4 is 23.0 Å². The summed E-state index contributed by atoms with van der Waals surface area (Å²) in [5.74, 6) is 1.09. The fourth-order valence-corrected chi connectivity index (χ4v) is 3.61. The molecular formula is C17H23N5O2. The first-order chi connectivity index (χ1) is 11.7. The van der Waals surface area contributed by atoms with Gasteiger partial charge in [0, 0.05) is 45.6 Å². The van der Waals surface area contributed by atoms with Gasteiger partial charge in [-0.05, 0) is 31.4 Å². The Labute approximate surface area is 141 Å². The van der Waals surface area contributed by atoms with Crippen molar-refractivity contribution in [2.75, 3.05) is 31.2 Å². The molecule has 24 heavy (non-hydrogen) atoms. The van der Waals surface area contributed by atoms with Crippen molar-refractivity contribution in [3.63, 3.8) is 0 Å². The van der Waals surface area contributed by atoms with Crippen LogP contribution < -0.4 is 10.2 Å². The summed E-state index contributed by atoms with van der Waals surface area (Å²) in [7, 11) is 1.98. The fourth-order valence-electron chi connectivity index (χ4n) is 3.61. The van der Waals surface area contributed by atoms with Gasteiger partial charge in [-0.2, -0.15) is 0 Å². The van der Waals surface area contributed by atoms with Crippen LogP contribution in [0.15, 0.2) is 18.3 Å². The molecule has 7 heteroatoms. The molecule has 0 bridgehead atoms. The summed E-state index contributed by atoms with van der Waals surface area (Å²) in [5.41, 5.74) is 1.77. The van der Waals surface area contributed by atoms with Crippen LogP contribution >= 0.6 is 0 Å². The first-order valence-corrected chi connectivity index (χ1v) is 8.63. The predicted molar refractivity (Wildman–Crippen MR) is 90.8 cm³/mol. The number of nitrogens with zero attached hydrogens (tertiary/aromatic N) is 4. The molecule has 0 radical (unpaired) electrons. The molecule has 2 aromatic rings. The number of amides is 1. The standard InChI is InChI=1S/C17H23N5O2/c1-21-15-14(3-2-7-18-15)20-17(21)22-8-4-12(11-22)16(23)19-13-5-9-24-10-6-13/h2-3,7,12-13H,4-6,8-11H2,1H3,(H,19,23). The van der Waals surface area contributed by atoms with E-state index in [1.165, 1.54) is 0 Å². The van der Waals surface area contributed by atoms with E-state index in [4.69, 9.17) is 4.74 Å². The first kappa shape index (κ1) is 15.4. The second kappa shape index (κ2) is 6.39. The zero-order valence-electron chi connectivity index (χ0n) is 13.9. The molecule has 0 saturated carbocycles. The minimum Gasteiger partial charge on any atom is -0.381 e. The highest BCUT2D eigenvalue weighted by molar-refractivity contribution is 5.81. The number of hydrogen-bond donors (Lipinski definition) is 1. The molecule has 0 aromatic carbocycles. The number of carbonyl (C=O) groups is 1. The predicted octanol–water partition coefficient (Wildman–Crippen LogP) is 1.09. The minimum atomic E-state index is 0.0283. The Morgan fingerprint density at radius 2 is 2.17 bits per heavy atom. The van der Waals surface area contributed by atoms with E-state index >= 15 is 0 Å². The molecule has 4 rings (SSSR count). The SMILES string of the molecule is Cn1c(N2CCC(C(=O)NC3CCOCC3)C2)nc2cccnc21. The van der Waals surface area contributed by atoms with Crippen LogP contribution in [0.2, 0.25) is 0 Å².